The Labute approximate surface area is 138 Å². The first kappa shape index (κ1) is 14.0. The normalized spacial score (nSPS) is 22.9. The molecule has 0 aliphatic carbocycles. The molecule has 0 saturated heterocycles. The van der Waals surface area contributed by atoms with Crippen molar-refractivity contribution >= 4 is 34.2 Å². The van der Waals surface area contributed by atoms with Gasteiger partial charge < -0.3 is 10.1 Å². The zero-order valence-corrected chi connectivity index (χ0v) is 13.4. The summed E-state index contributed by atoms with van der Waals surface area (Å²) >= 11 is 7.67. The second kappa shape index (κ2) is 5.86. The average Bonchev–Trinajstić information content (AvgIpc) is 2.57. The van der Waals surface area contributed by atoms with E-state index in [0.717, 1.165) is 34.0 Å². The van der Waals surface area contributed by atoms with Gasteiger partial charge in [0.05, 0.1) is 12.6 Å². The molecule has 0 fully saturated rings. The summed E-state index contributed by atoms with van der Waals surface area (Å²) in [4.78, 5) is 4.92. The fourth-order valence-corrected chi connectivity index (χ4v) is 3.94. The van der Waals surface area contributed by atoms with E-state index in [1.807, 2.05) is 42.5 Å². The van der Waals surface area contributed by atoms with Gasteiger partial charge in [-0.05, 0) is 30.3 Å². The minimum atomic E-state index is 0.181. The Hall–Kier alpha value is -1.65. The van der Waals surface area contributed by atoms with Crippen LogP contribution in [0.5, 0.6) is 5.75 Å². The Morgan fingerprint density at radius 1 is 1.14 bits per heavy atom. The largest absolute Gasteiger partial charge is 0.493 e. The predicted octanol–water partition coefficient (Wildman–Crippen LogP) is 4.60. The van der Waals surface area contributed by atoms with Crippen LogP contribution in [-0.2, 0) is 0 Å². The monoisotopic (exact) mass is 330 g/mol. The molecule has 1 N–H and O–H groups in total. The van der Waals surface area contributed by atoms with Crippen molar-refractivity contribution in [1.82, 2.24) is 0 Å². The lowest BCUT2D eigenvalue weighted by molar-refractivity contribution is 0.210. The Morgan fingerprint density at radius 2 is 1.95 bits per heavy atom. The molecule has 0 bridgehead atoms. The van der Waals surface area contributed by atoms with Gasteiger partial charge in [0.1, 0.15) is 5.75 Å². The number of rotatable bonds is 1. The maximum atomic E-state index is 5.92. The van der Waals surface area contributed by atoms with E-state index in [1.54, 1.807) is 11.8 Å². The summed E-state index contributed by atoms with van der Waals surface area (Å²) in [5.74, 6) is 2.42. The molecule has 2 aromatic carbocycles. The molecule has 2 heterocycles. The molecule has 0 saturated carbocycles. The number of ether oxygens (including phenoxy) is 1. The standard InChI is InChI=1S/C17H15ClN2OS/c18-12-5-7-13(8-6-12)19-17-20-16-11(10-22-17)9-21-15-4-2-1-3-14(15)16/h1-8,11,16H,9-10H2,(H,19,20). The number of aliphatic imine (C=N–C) groups is 1. The van der Waals surface area contributed by atoms with Crippen LogP contribution in [0.1, 0.15) is 11.6 Å². The highest BCUT2D eigenvalue weighted by atomic mass is 35.5. The fraction of sp³-hybridized carbons (Fsp3) is 0.235. The van der Waals surface area contributed by atoms with E-state index in [-0.39, 0.29) is 6.04 Å². The van der Waals surface area contributed by atoms with E-state index in [4.69, 9.17) is 21.3 Å². The number of amidine groups is 1. The summed E-state index contributed by atoms with van der Waals surface area (Å²) in [6.07, 6.45) is 0. The molecule has 2 aromatic rings. The zero-order chi connectivity index (χ0) is 14.9. The number of anilines is 1. The first-order chi connectivity index (χ1) is 10.8. The van der Waals surface area contributed by atoms with Gasteiger partial charge in [-0.15, -0.1) is 0 Å². The van der Waals surface area contributed by atoms with Crippen LogP contribution in [0.2, 0.25) is 5.02 Å². The summed E-state index contributed by atoms with van der Waals surface area (Å²) in [5, 5.41) is 5.08. The summed E-state index contributed by atoms with van der Waals surface area (Å²) in [6.45, 7) is 0.742. The SMILES string of the molecule is Clc1ccc(NC2=NC3c4ccccc4OCC3CS2)cc1. The second-order valence-electron chi connectivity index (χ2n) is 5.43. The molecule has 4 rings (SSSR count). The van der Waals surface area contributed by atoms with Crippen molar-refractivity contribution in [3.8, 4) is 5.75 Å². The third kappa shape index (κ3) is 2.69. The van der Waals surface area contributed by atoms with Gasteiger partial charge in [-0.25, -0.2) is 0 Å². The van der Waals surface area contributed by atoms with Gasteiger partial charge in [-0.3, -0.25) is 4.99 Å². The maximum absolute atomic E-state index is 5.92. The smallest absolute Gasteiger partial charge is 0.161 e. The first-order valence-corrected chi connectivity index (χ1v) is 8.61. The molecular formula is C17H15ClN2OS. The molecule has 0 amide bonds. The molecule has 22 heavy (non-hydrogen) atoms. The van der Waals surface area contributed by atoms with Crippen LogP contribution >= 0.6 is 23.4 Å². The van der Waals surface area contributed by atoms with E-state index in [1.165, 1.54) is 5.56 Å². The molecule has 3 nitrogen and oxygen atoms in total. The number of para-hydroxylation sites is 1. The molecule has 0 radical (unpaired) electrons. The lowest BCUT2D eigenvalue weighted by Gasteiger charge is -2.34. The van der Waals surface area contributed by atoms with Crippen LogP contribution in [0, 0.1) is 5.92 Å². The zero-order valence-electron chi connectivity index (χ0n) is 11.8. The molecule has 2 atom stereocenters. The average molecular weight is 331 g/mol. The quantitative estimate of drug-likeness (QED) is 0.829. The van der Waals surface area contributed by atoms with Gasteiger partial charge in [-0.1, -0.05) is 41.6 Å². The molecule has 5 heteroatoms. The van der Waals surface area contributed by atoms with E-state index >= 15 is 0 Å². The van der Waals surface area contributed by atoms with Crippen LogP contribution < -0.4 is 10.1 Å². The van der Waals surface area contributed by atoms with E-state index in [2.05, 4.69) is 11.4 Å². The van der Waals surface area contributed by atoms with Crippen molar-refractivity contribution in [3.05, 3.63) is 59.1 Å². The summed E-state index contributed by atoms with van der Waals surface area (Å²) in [6, 6.07) is 16.1. The van der Waals surface area contributed by atoms with Crippen LogP contribution in [0.15, 0.2) is 53.5 Å². The molecule has 112 valence electrons. The van der Waals surface area contributed by atoms with E-state index in [9.17, 15) is 0 Å². The molecule has 2 aliphatic heterocycles. The molecule has 0 spiro atoms. The van der Waals surface area contributed by atoms with Crippen molar-refractivity contribution in [3.63, 3.8) is 0 Å². The number of nitrogens with one attached hydrogen (secondary N) is 1. The van der Waals surface area contributed by atoms with Crippen molar-refractivity contribution in [2.24, 2.45) is 10.9 Å². The van der Waals surface area contributed by atoms with Crippen LogP contribution in [0.4, 0.5) is 5.69 Å². The summed E-state index contributed by atoms with van der Waals surface area (Å²) < 4.78 is 5.84. The van der Waals surface area contributed by atoms with Gasteiger partial charge in [0, 0.05) is 27.9 Å². The number of nitrogens with zero attached hydrogens (tertiary/aromatic N) is 1. The van der Waals surface area contributed by atoms with E-state index < -0.39 is 0 Å². The minimum absolute atomic E-state index is 0.181. The fourth-order valence-electron chi connectivity index (χ4n) is 2.79. The van der Waals surface area contributed by atoms with Gasteiger partial charge >= 0.3 is 0 Å². The number of thioether (sulfide) groups is 1. The third-order valence-corrected chi connectivity index (χ3v) is 5.25. The third-order valence-electron chi connectivity index (χ3n) is 3.92. The highest BCUT2D eigenvalue weighted by molar-refractivity contribution is 8.14. The van der Waals surface area contributed by atoms with Crippen molar-refractivity contribution < 1.29 is 4.74 Å². The Kier molecular flexibility index (Phi) is 3.72. The highest BCUT2D eigenvalue weighted by Crippen LogP contribution is 2.42. The van der Waals surface area contributed by atoms with Crippen LogP contribution in [0.25, 0.3) is 0 Å². The van der Waals surface area contributed by atoms with Gasteiger partial charge in [0.2, 0.25) is 0 Å². The summed E-state index contributed by atoms with van der Waals surface area (Å²) in [7, 11) is 0. The van der Waals surface area contributed by atoms with Crippen molar-refractivity contribution in [1.29, 1.82) is 0 Å². The molecule has 2 aliphatic rings. The molecule has 0 aromatic heterocycles. The lowest BCUT2D eigenvalue weighted by atomic mass is 9.92. The van der Waals surface area contributed by atoms with Crippen LogP contribution in [-0.4, -0.2) is 17.5 Å². The number of halogens is 1. The number of benzene rings is 2. The Morgan fingerprint density at radius 3 is 2.82 bits per heavy atom. The Bertz CT molecular complexity index is 717. The number of hydrogen-bond acceptors (Lipinski definition) is 4. The summed E-state index contributed by atoms with van der Waals surface area (Å²) in [5.41, 5.74) is 2.20. The van der Waals surface area contributed by atoms with Crippen LogP contribution in [0.3, 0.4) is 0 Å². The van der Waals surface area contributed by atoms with Gasteiger partial charge in [-0.2, -0.15) is 0 Å². The van der Waals surface area contributed by atoms with Gasteiger partial charge in [0.15, 0.2) is 5.17 Å². The Balaban J connectivity index is 1.61. The maximum Gasteiger partial charge on any atom is 0.161 e. The van der Waals surface area contributed by atoms with E-state index in [0.29, 0.717) is 5.92 Å². The number of fused-ring (bicyclic) bond motifs is 3. The lowest BCUT2D eigenvalue weighted by Crippen LogP contribution is -2.32. The minimum Gasteiger partial charge on any atom is -0.493 e. The van der Waals surface area contributed by atoms with Crippen molar-refractivity contribution in [2.45, 2.75) is 6.04 Å². The molecule has 2 unspecified atom stereocenters. The van der Waals surface area contributed by atoms with Gasteiger partial charge in [0.25, 0.3) is 0 Å². The second-order valence-corrected chi connectivity index (χ2v) is 6.88. The predicted molar refractivity (Wildman–Crippen MR) is 93.1 cm³/mol. The first-order valence-electron chi connectivity index (χ1n) is 7.24. The van der Waals surface area contributed by atoms with Crippen molar-refractivity contribution in [2.75, 3.05) is 17.7 Å². The topological polar surface area (TPSA) is 33.6 Å². The number of hydrogen-bond donors (Lipinski definition) is 1. The molecular weight excluding hydrogens is 316 g/mol. The highest BCUT2D eigenvalue weighted by Gasteiger charge is 2.34.